The molecule has 6 nitrogen and oxygen atoms in total. The summed E-state index contributed by atoms with van der Waals surface area (Å²) >= 11 is 0. The first-order chi connectivity index (χ1) is 13.3. The molecule has 160 valence electrons. The number of hydrogen-bond donors (Lipinski definition) is 2. The first-order valence-corrected chi connectivity index (χ1v) is 10.1. The number of nitrogens with zero attached hydrogens (tertiary/aromatic N) is 2. The third kappa shape index (κ3) is 5.65. The van der Waals surface area contributed by atoms with E-state index in [0.717, 1.165) is 41.7 Å². The van der Waals surface area contributed by atoms with Gasteiger partial charge in [0.05, 0.1) is 11.7 Å². The van der Waals surface area contributed by atoms with Crippen molar-refractivity contribution < 1.29 is 9.26 Å². The van der Waals surface area contributed by atoms with E-state index in [0.29, 0.717) is 6.54 Å². The molecule has 1 aliphatic heterocycles. The van der Waals surface area contributed by atoms with E-state index in [1.165, 1.54) is 5.56 Å². The van der Waals surface area contributed by atoms with Crippen molar-refractivity contribution >= 4 is 29.9 Å². The van der Waals surface area contributed by atoms with Crippen LogP contribution in [0.4, 0.5) is 0 Å². The Morgan fingerprint density at radius 1 is 1.31 bits per heavy atom. The second-order valence-corrected chi connectivity index (χ2v) is 8.16. The first kappa shape index (κ1) is 23.5. The van der Waals surface area contributed by atoms with Crippen molar-refractivity contribution in [3.05, 3.63) is 46.8 Å². The second-order valence-electron chi connectivity index (χ2n) is 8.16. The quantitative estimate of drug-likeness (QED) is 0.340. The van der Waals surface area contributed by atoms with E-state index < -0.39 is 0 Å². The van der Waals surface area contributed by atoms with Crippen molar-refractivity contribution in [2.75, 3.05) is 13.1 Å². The smallest absolute Gasteiger partial charge is 0.191 e. The Balaban J connectivity index is 0.00000300. The number of fused-ring (bicyclic) bond motifs is 1. The number of aromatic nitrogens is 1. The third-order valence-corrected chi connectivity index (χ3v) is 5.14. The zero-order chi connectivity index (χ0) is 20.3. The number of nitrogens with one attached hydrogen (secondary N) is 2. The fourth-order valence-corrected chi connectivity index (χ4v) is 3.93. The lowest BCUT2D eigenvalue weighted by atomic mass is 9.90. The molecule has 2 heterocycles. The second kappa shape index (κ2) is 9.82. The monoisotopic (exact) mass is 512 g/mol. The fourth-order valence-electron chi connectivity index (χ4n) is 3.93. The van der Waals surface area contributed by atoms with Gasteiger partial charge in [0.2, 0.25) is 0 Å². The summed E-state index contributed by atoms with van der Waals surface area (Å²) in [5.41, 5.74) is 3.04. The Bertz CT molecular complexity index is 828. The molecule has 0 saturated carbocycles. The number of aryl methyl sites for hydroxylation is 2. The van der Waals surface area contributed by atoms with Crippen LogP contribution in [0.25, 0.3) is 0 Å². The van der Waals surface area contributed by atoms with Crippen molar-refractivity contribution in [1.29, 1.82) is 0 Å². The van der Waals surface area contributed by atoms with E-state index in [4.69, 9.17) is 14.3 Å². The maximum atomic E-state index is 6.15. The lowest BCUT2D eigenvalue weighted by Gasteiger charge is -2.38. The summed E-state index contributed by atoms with van der Waals surface area (Å²) in [5.74, 6) is 2.87. The van der Waals surface area contributed by atoms with Gasteiger partial charge in [0, 0.05) is 36.6 Å². The van der Waals surface area contributed by atoms with Crippen LogP contribution in [0, 0.1) is 13.8 Å². The topological polar surface area (TPSA) is 71.7 Å². The molecule has 2 unspecified atom stereocenters. The summed E-state index contributed by atoms with van der Waals surface area (Å²) in [7, 11) is 0. The lowest BCUT2D eigenvalue weighted by molar-refractivity contribution is 0.0694. The van der Waals surface area contributed by atoms with Gasteiger partial charge in [-0.25, -0.2) is 0 Å². The molecule has 0 fully saturated rings. The summed E-state index contributed by atoms with van der Waals surface area (Å²) < 4.78 is 11.5. The van der Waals surface area contributed by atoms with Crippen LogP contribution in [-0.2, 0) is 0 Å². The van der Waals surface area contributed by atoms with Crippen molar-refractivity contribution in [2.24, 2.45) is 4.99 Å². The molecule has 0 bridgehead atoms. The van der Waals surface area contributed by atoms with E-state index in [1.807, 2.05) is 26.0 Å². The predicted octanol–water partition coefficient (Wildman–Crippen LogP) is 4.87. The van der Waals surface area contributed by atoms with Gasteiger partial charge in [-0.3, -0.25) is 4.99 Å². The van der Waals surface area contributed by atoms with Crippen molar-refractivity contribution in [2.45, 2.75) is 65.5 Å². The van der Waals surface area contributed by atoms with Gasteiger partial charge in [-0.2, -0.15) is 0 Å². The normalized spacial score (nSPS) is 18.8. The van der Waals surface area contributed by atoms with Crippen LogP contribution in [0.5, 0.6) is 5.75 Å². The summed E-state index contributed by atoms with van der Waals surface area (Å²) in [5, 5.41) is 11.1. The van der Waals surface area contributed by atoms with Gasteiger partial charge in [-0.1, -0.05) is 30.3 Å². The van der Waals surface area contributed by atoms with Crippen LogP contribution in [0.15, 0.2) is 33.8 Å². The molecule has 3 rings (SSSR count). The Morgan fingerprint density at radius 2 is 2.03 bits per heavy atom. The molecule has 0 amide bonds. The van der Waals surface area contributed by atoms with Gasteiger partial charge in [0.15, 0.2) is 5.96 Å². The van der Waals surface area contributed by atoms with E-state index in [2.05, 4.69) is 55.6 Å². The number of halogens is 1. The fraction of sp³-hybridized carbons (Fsp3) is 0.545. The number of guanidine groups is 1. The highest BCUT2D eigenvalue weighted by Gasteiger charge is 2.34. The molecule has 1 aliphatic rings. The molecular weight excluding hydrogens is 479 g/mol. The Kier molecular flexibility index (Phi) is 7.96. The predicted molar refractivity (Wildman–Crippen MR) is 127 cm³/mol. The molecule has 2 N–H and O–H groups in total. The SMILES string of the molecule is CCNC(=NCC(C)c1c(C)noc1C)NC1CC(C)(C)Oc2ccccc21.I. The molecule has 0 spiro atoms. The van der Waals surface area contributed by atoms with E-state index >= 15 is 0 Å². The van der Waals surface area contributed by atoms with Crippen LogP contribution in [0.1, 0.15) is 68.7 Å². The largest absolute Gasteiger partial charge is 0.487 e. The van der Waals surface area contributed by atoms with Gasteiger partial charge in [-0.15, -0.1) is 24.0 Å². The molecule has 1 aromatic carbocycles. The maximum Gasteiger partial charge on any atom is 0.191 e. The average molecular weight is 512 g/mol. The van der Waals surface area contributed by atoms with Gasteiger partial charge < -0.3 is 19.9 Å². The van der Waals surface area contributed by atoms with E-state index in [1.54, 1.807) is 0 Å². The number of hydrogen-bond acceptors (Lipinski definition) is 4. The summed E-state index contributed by atoms with van der Waals surface area (Å²) in [4.78, 5) is 4.85. The van der Waals surface area contributed by atoms with Crippen molar-refractivity contribution in [3.63, 3.8) is 0 Å². The number of para-hydroxylation sites is 1. The summed E-state index contributed by atoms with van der Waals surface area (Å²) in [6.07, 6.45) is 0.869. The van der Waals surface area contributed by atoms with E-state index in [9.17, 15) is 0 Å². The van der Waals surface area contributed by atoms with Gasteiger partial charge in [0.1, 0.15) is 17.1 Å². The highest BCUT2D eigenvalue weighted by molar-refractivity contribution is 14.0. The Morgan fingerprint density at radius 3 is 2.69 bits per heavy atom. The van der Waals surface area contributed by atoms with E-state index in [-0.39, 0.29) is 41.5 Å². The van der Waals surface area contributed by atoms with Crippen LogP contribution in [0.2, 0.25) is 0 Å². The zero-order valence-electron chi connectivity index (χ0n) is 18.2. The maximum absolute atomic E-state index is 6.15. The molecule has 2 aromatic rings. The number of aliphatic imine (C=N–C) groups is 1. The zero-order valence-corrected chi connectivity index (χ0v) is 20.5. The summed E-state index contributed by atoms with van der Waals surface area (Å²) in [6, 6.07) is 8.38. The van der Waals surface area contributed by atoms with Crippen LogP contribution >= 0.6 is 24.0 Å². The third-order valence-electron chi connectivity index (χ3n) is 5.14. The number of ether oxygens (including phenoxy) is 1. The van der Waals surface area contributed by atoms with Crippen molar-refractivity contribution in [3.8, 4) is 5.75 Å². The number of benzene rings is 1. The minimum Gasteiger partial charge on any atom is -0.487 e. The minimum atomic E-state index is -0.229. The van der Waals surface area contributed by atoms with Crippen LogP contribution in [0.3, 0.4) is 0 Å². The Labute approximate surface area is 190 Å². The first-order valence-electron chi connectivity index (χ1n) is 10.1. The van der Waals surface area contributed by atoms with Crippen LogP contribution in [-0.4, -0.2) is 29.8 Å². The van der Waals surface area contributed by atoms with Gasteiger partial charge in [0.25, 0.3) is 0 Å². The molecule has 0 aliphatic carbocycles. The highest BCUT2D eigenvalue weighted by Crippen LogP contribution is 2.39. The standard InChI is InChI=1S/C22H32N4O2.HI/c1-7-23-21(24-13-14(2)20-15(3)26-28-16(20)4)25-18-12-22(5,6)27-19-11-9-8-10-17(18)19;/h8-11,14,18H,7,12-13H2,1-6H3,(H2,23,24,25);1H. The molecule has 7 heteroatoms. The van der Waals surface area contributed by atoms with Crippen molar-refractivity contribution in [1.82, 2.24) is 15.8 Å². The van der Waals surface area contributed by atoms with Gasteiger partial charge in [-0.05, 0) is 40.7 Å². The van der Waals surface area contributed by atoms with Crippen LogP contribution < -0.4 is 15.4 Å². The molecule has 0 radical (unpaired) electrons. The molecule has 2 atom stereocenters. The average Bonchev–Trinajstić information content (AvgIpc) is 2.97. The molecule has 1 aromatic heterocycles. The molecular formula is C22H33IN4O2. The summed E-state index contributed by atoms with van der Waals surface area (Å²) in [6.45, 7) is 13.9. The molecule has 29 heavy (non-hydrogen) atoms. The molecule has 0 saturated heterocycles. The Hall–Kier alpha value is -1.77. The highest BCUT2D eigenvalue weighted by atomic mass is 127. The lowest BCUT2D eigenvalue weighted by Crippen LogP contribution is -2.45. The van der Waals surface area contributed by atoms with Gasteiger partial charge >= 0.3 is 0 Å². The minimum absolute atomic E-state index is 0. The number of rotatable bonds is 5.